The highest BCUT2D eigenvalue weighted by atomic mass is 28.3. The molecule has 0 aliphatic carbocycles. The number of aliphatic hydroxyl groups is 5. The van der Waals surface area contributed by atoms with E-state index >= 15 is 0 Å². The van der Waals surface area contributed by atoms with E-state index in [4.69, 9.17) is 9.84 Å². The fourth-order valence-corrected chi connectivity index (χ4v) is 3.09. The monoisotopic (exact) mass is 280 g/mol. The topological polar surface area (TPSA) is 110 Å². The van der Waals surface area contributed by atoms with Crippen LogP contribution in [0.25, 0.3) is 0 Å². The van der Waals surface area contributed by atoms with E-state index in [1.165, 1.54) is 0 Å². The number of hydrogen-bond acceptors (Lipinski definition) is 6. The average molecular weight is 280 g/mol. The molecular weight excluding hydrogens is 256 g/mol. The van der Waals surface area contributed by atoms with E-state index in [0.29, 0.717) is 6.04 Å². The van der Waals surface area contributed by atoms with Crippen molar-refractivity contribution in [3.05, 3.63) is 0 Å². The van der Waals surface area contributed by atoms with Gasteiger partial charge in [0, 0.05) is 14.5 Å². The quantitative estimate of drug-likeness (QED) is 0.417. The van der Waals surface area contributed by atoms with Crippen LogP contribution in [-0.2, 0) is 4.74 Å². The Bertz CT molecular complexity index is 279. The van der Waals surface area contributed by atoms with E-state index in [1.54, 1.807) is 0 Å². The lowest BCUT2D eigenvalue weighted by atomic mass is 9.91. The Morgan fingerprint density at radius 1 is 1.11 bits per heavy atom. The van der Waals surface area contributed by atoms with Crippen LogP contribution < -0.4 is 0 Å². The average Bonchev–Trinajstić information content (AvgIpc) is 2.28. The fraction of sp³-hybridized carbons (Fsp3) is 1.00. The molecule has 1 heterocycles. The zero-order chi connectivity index (χ0) is 14.1. The summed E-state index contributed by atoms with van der Waals surface area (Å²) < 4.78 is 5.18. The van der Waals surface area contributed by atoms with E-state index in [2.05, 4.69) is 19.6 Å². The summed E-state index contributed by atoms with van der Waals surface area (Å²) in [6, 6.07) is 0.696. The molecule has 1 aliphatic rings. The summed E-state index contributed by atoms with van der Waals surface area (Å²) in [6.07, 6.45) is -5.43. The molecule has 0 bridgehead atoms. The van der Waals surface area contributed by atoms with Crippen molar-refractivity contribution < 1.29 is 30.3 Å². The molecule has 5 atom stereocenters. The molecule has 0 spiro atoms. The molecule has 0 amide bonds. The summed E-state index contributed by atoms with van der Waals surface area (Å²) in [5, 5.41) is 48.4. The summed E-state index contributed by atoms with van der Waals surface area (Å²) in [6.45, 7) is 5.81. The second-order valence-corrected chi connectivity index (χ2v) is 11.8. The largest absolute Gasteiger partial charge is 0.394 e. The Hall–Kier alpha value is -0.0231. The number of aliphatic hydroxyl groups excluding tert-OH is 4. The molecule has 18 heavy (non-hydrogen) atoms. The maximum absolute atomic E-state index is 10.3. The van der Waals surface area contributed by atoms with E-state index < -0.39 is 44.9 Å². The first kappa shape index (κ1) is 16.0. The Morgan fingerprint density at radius 3 is 2.11 bits per heavy atom. The van der Waals surface area contributed by atoms with Crippen LogP contribution in [-0.4, -0.2) is 70.4 Å². The van der Waals surface area contributed by atoms with Crippen LogP contribution in [0.3, 0.4) is 0 Å². The van der Waals surface area contributed by atoms with Crippen LogP contribution in [0.5, 0.6) is 0 Å². The third kappa shape index (κ3) is 3.50. The number of hydrogen-bond donors (Lipinski definition) is 5. The Balaban J connectivity index is 2.79. The third-order valence-corrected chi connectivity index (χ3v) is 5.04. The molecule has 6 nitrogen and oxygen atoms in total. The lowest BCUT2D eigenvalue weighted by molar-refractivity contribution is -0.349. The van der Waals surface area contributed by atoms with Gasteiger partial charge in [0.15, 0.2) is 5.79 Å². The highest BCUT2D eigenvalue weighted by Gasteiger charge is 2.52. The standard InChI is InChI=1S/C11H24O6Si/c1-18(2,3)5-4-11(16)10(15)9(14)8(13)7(6-12)17-11/h7-10,12-16H,4-6H2,1-3H3/t7-,8+,9+,10-,11-/m1/s1. The van der Waals surface area contributed by atoms with Gasteiger partial charge in [-0.25, -0.2) is 0 Å². The molecule has 1 saturated heterocycles. The van der Waals surface area contributed by atoms with Crippen LogP contribution in [0, 0.1) is 0 Å². The molecular formula is C11H24O6Si. The summed E-state index contributed by atoms with van der Waals surface area (Å²) in [7, 11) is -1.45. The van der Waals surface area contributed by atoms with Gasteiger partial charge in [-0.05, 0) is 0 Å². The van der Waals surface area contributed by atoms with Crippen molar-refractivity contribution >= 4 is 8.07 Å². The molecule has 0 saturated carbocycles. The second kappa shape index (κ2) is 5.54. The van der Waals surface area contributed by atoms with Gasteiger partial charge in [0.1, 0.15) is 24.4 Å². The number of rotatable bonds is 4. The third-order valence-electron chi connectivity index (χ3n) is 3.29. The minimum atomic E-state index is -1.91. The first-order chi connectivity index (χ1) is 8.10. The van der Waals surface area contributed by atoms with Gasteiger partial charge < -0.3 is 30.3 Å². The zero-order valence-electron chi connectivity index (χ0n) is 11.1. The predicted octanol–water partition coefficient (Wildman–Crippen LogP) is -1.12. The van der Waals surface area contributed by atoms with Crippen molar-refractivity contribution in [1.82, 2.24) is 0 Å². The Kier molecular flexibility index (Phi) is 4.93. The van der Waals surface area contributed by atoms with Crippen molar-refractivity contribution in [2.75, 3.05) is 6.61 Å². The van der Waals surface area contributed by atoms with Crippen LogP contribution in [0.1, 0.15) is 6.42 Å². The maximum Gasteiger partial charge on any atom is 0.194 e. The van der Waals surface area contributed by atoms with Gasteiger partial charge in [-0.3, -0.25) is 0 Å². The fourth-order valence-electron chi connectivity index (χ4n) is 1.98. The van der Waals surface area contributed by atoms with E-state index in [0.717, 1.165) is 0 Å². The van der Waals surface area contributed by atoms with Crippen LogP contribution in [0.4, 0.5) is 0 Å². The molecule has 1 fully saturated rings. The first-order valence-corrected chi connectivity index (χ1v) is 9.87. The molecule has 5 N–H and O–H groups in total. The zero-order valence-corrected chi connectivity index (χ0v) is 12.1. The van der Waals surface area contributed by atoms with Crippen molar-refractivity contribution in [2.24, 2.45) is 0 Å². The maximum atomic E-state index is 10.3. The second-order valence-electron chi connectivity index (χ2n) is 6.17. The lowest BCUT2D eigenvalue weighted by Gasteiger charge is -2.46. The van der Waals surface area contributed by atoms with E-state index in [1.807, 2.05) is 0 Å². The normalized spacial score (nSPS) is 42.0. The van der Waals surface area contributed by atoms with Crippen LogP contribution in [0.15, 0.2) is 0 Å². The molecule has 0 aromatic carbocycles. The van der Waals surface area contributed by atoms with Crippen molar-refractivity contribution in [2.45, 2.75) is 62.3 Å². The Labute approximate surface area is 108 Å². The Morgan fingerprint density at radius 2 is 1.67 bits per heavy atom. The van der Waals surface area contributed by atoms with Gasteiger partial charge >= 0.3 is 0 Å². The minimum Gasteiger partial charge on any atom is -0.394 e. The first-order valence-electron chi connectivity index (χ1n) is 6.16. The lowest BCUT2D eigenvalue weighted by Crippen LogP contribution is -2.65. The predicted molar refractivity (Wildman–Crippen MR) is 67.7 cm³/mol. The van der Waals surface area contributed by atoms with Crippen LogP contribution in [0.2, 0.25) is 25.7 Å². The van der Waals surface area contributed by atoms with Gasteiger partial charge in [0.05, 0.1) is 6.61 Å². The highest BCUT2D eigenvalue weighted by molar-refractivity contribution is 6.76. The van der Waals surface area contributed by atoms with E-state index in [-0.39, 0.29) is 6.42 Å². The summed E-state index contributed by atoms with van der Waals surface area (Å²) in [5.41, 5.74) is 0. The summed E-state index contributed by atoms with van der Waals surface area (Å²) in [4.78, 5) is 0. The van der Waals surface area contributed by atoms with Crippen LogP contribution >= 0.6 is 0 Å². The van der Waals surface area contributed by atoms with Crippen molar-refractivity contribution in [3.8, 4) is 0 Å². The molecule has 0 aromatic rings. The molecule has 0 aromatic heterocycles. The molecule has 108 valence electrons. The minimum absolute atomic E-state index is 0.171. The smallest absolute Gasteiger partial charge is 0.194 e. The van der Waals surface area contributed by atoms with Gasteiger partial charge in [0.2, 0.25) is 0 Å². The molecule has 7 heteroatoms. The van der Waals surface area contributed by atoms with E-state index in [9.17, 15) is 20.4 Å². The molecule has 1 aliphatic heterocycles. The van der Waals surface area contributed by atoms with Gasteiger partial charge in [-0.2, -0.15) is 0 Å². The van der Waals surface area contributed by atoms with Gasteiger partial charge in [0.25, 0.3) is 0 Å². The summed E-state index contributed by atoms with van der Waals surface area (Å²) >= 11 is 0. The van der Waals surface area contributed by atoms with Gasteiger partial charge in [-0.15, -0.1) is 0 Å². The highest BCUT2D eigenvalue weighted by Crippen LogP contribution is 2.33. The van der Waals surface area contributed by atoms with Crippen molar-refractivity contribution in [1.29, 1.82) is 0 Å². The molecule has 1 rings (SSSR count). The molecule has 0 radical (unpaired) electrons. The van der Waals surface area contributed by atoms with Gasteiger partial charge in [-0.1, -0.05) is 25.7 Å². The molecule has 0 unspecified atom stereocenters. The number of ether oxygens (including phenoxy) is 1. The van der Waals surface area contributed by atoms with Crippen molar-refractivity contribution in [3.63, 3.8) is 0 Å². The summed E-state index contributed by atoms with van der Waals surface area (Å²) in [5.74, 6) is -1.91. The SMILES string of the molecule is C[Si](C)(C)CC[C@@]1(O)O[C@H](CO)[C@H](O)[C@H](O)[C@H]1O.